The molecule has 6 heteroatoms. The molecule has 30 heavy (non-hydrogen) atoms. The van der Waals surface area contributed by atoms with Gasteiger partial charge in [0.1, 0.15) is 11.8 Å². The van der Waals surface area contributed by atoms with Crippen LogP contribution in [-0.4, -0.2) is 41.7 Å². The van der Waals surface area contributed by atoms with Gasteiger partial charge in [-0.1, -0.05) is 37.3 Å². The molecule has 0 spiro atoms. The van der Waals surface area contributed by atoms with Crippen LogP contribution in [0.2, 0.25) is 0 Å². The van der Waals surface area contributed by atoms with Crippen LogP contribution in [0.5, 0.6) is 5.75 Å². The average molecular weight is 429 g/mol. The fraction of sp³-hybridized carbons (Fsp3) is 0.417. The largest absolute Gasteiger partial charge is 0.497 e. The quantitative estimate of drug-likeness (QED) is 0.535. The van der Waals surface area contributed by atoms with Crippen LogP contribution in [0.3, 0.4) is 0 Å². The maximum absolute atomic E-state index is 13.2. The summed E-state index contributed by atoms with van der Waals surface area (Å²) in [6.45, 7) is 6.16. The van der Waals surface area contributed by atoms with Crippen molar-refractivity contribution in [2.75, 3.05) is 12.9 Å². The third kappa shape index (κ3) is 7.41. The third-order valence-corrected chi connectivity index (χ3v) is 5.65. The van der Waals surface area contributed by atoms with Crippen molar-refractivity contribution >= 4 is 23.6 Å². The molecule has 0 saturated heterocycles. The lowest BCUT2D eigenvalue weighted by molar-refractivity contribution is -0.141. The number of hydrogen-bond acceptors (Lipinski definition) is 4. The summed E-state index contributed by atoms with van der Waals surface area (Å²) in [6, 6.07) is 17.2. The summed E-state index contributed by atoms with van der Waals surface area (Å²) in [4.78, 5) is 28.8. The SMILES string of the molecule is CC[C@@H](C(=O)NC(C)C)N(Cc1cccc(OC)c1)C(=O)CCSc1ccccc1. The molecular formula is C24H32N2O3S. The van der Waals surface area contributed by atoms with Crippen molar-refractivity contribution in [3.63, 3.8) is 0 Å². The predicted molar refractivity (Wildman–Crippen MR) is 123 cm³/mol. The lowest BCUT2D eigenvalue weighted by Gasteiger charge is -2.31. The Labute approximate surface area is 184 Å². The molecule has 162 valence electrons. The summed E-state index contributed by atoms with van der Waals surface area (Å²) < 4.78 is 5.31. The van der Waals surface area contributed by atoms with Crippen molar-refractivity contribution in [2.24, 2.45) is 0 Å². The highest BCUT2D eigenvalue weighted by Crippen LogP contribution is 2.21. The molecule has 2 amide bonds. The summed E-state index contributed by atoms with van der Waals surface area (Å²) in [6.07, 6.45) is 0.926. The van der Waals surface area contributed by atoms with Gasteiger partial charge in [0.25, 0.3) is 0 Å². The number of rotatable bonds is 11. The lowest BCUT2D eigenvalue weighted by atomic mass is 10.1. The highest BCUT2D eigenvalue weighted by molar-refractivity contribution is 7.99. The second kappa shape index (κ2) is 12.3. The van der Waals surface area contributed by atoms with Crippen molar-refractivity contribution in [1.29, 1.82) is 0 Å². The number of nitrogens with zero attached hydrogens (tertiary/aromatic N) is 1. The Morgan fingerprint density at radius 1 is 1.10 bits per heavy atom. The van der Waals surface area contributed by atoms with E-state index in [1.54, 1.807) is 23.8 Å². The zero-order valence-electron chi connectivity index (χ0n) is 18.3. The van der Waals surface area contributed by atoms with E-state index in [1.807, 2.05) is 75.4 Å². The highest BCUT2D eigenvalue weighted by atomic mass is 32.2. The Morgan fingerprint density at radius 3 is 2.47 bits per heavy atom. The molecule has 0 unspecified atom stereocenters. The molecular weight excluding hydrogens is 396 g/mol. The van der Waals surface area contributed by atoms with Gasteiger partial charge >= 0.3 is 0 Å². The minimum Gasteiger partial charge on any atom is -0.497 e. The first kappa shape index (κ1) is 23.8. The molecule has 5 nitrogen and oxygen atoms in total. The van der Waals surface area contributed by atoms with E-state index in [1.165, 1.54) is 0 Å². The topological polar surface area (TPSA) is 58.6 Å². The van der Waals surface area contributed by atoms with Gasteiger partial charge in [0.05, 0.1) is 7.11 Å². The van der Waals surface area contributed by atoms with E-state index in [0.29, 0.717) is 25.1 Å². The van der Waals surface area contributed by atoms with Gasteiger partial charge in [-0.05, 0) is 50.1 Å². The molecule has 0 aliphatic heterocycles. The Balaban J connectivity index is 2.15. The van der Waals surface area contributed by atoms with E-state index < -0.39 is 6.04 Å². The van der Waals surface area contributed by atoms with E-state index in [2.05, 4.69) is 5.32 Å². The number of methoxy groups -OCH3 is 1. The number of thioether (sulfide) groups is 1. The monoisotopic (exact) mass is 428 g/mol. The van der Waals surface area contributed by atoms with Crippen LogP contribution in [0.1, 0.15) is 39.2 Å². The molecule has 0 fully saturated rings. The Kier molecular flexibility index (Phi) is 9.74. The van der Waals surface area contributed by atoms with Gasteiger partial charge in [-0.3, -0.25) is 9.59 Å². The summed E-state index contributed by atoms with van der Waals surface area (Å²) in [5.74, 6) is 1.27. The molecule has 0 bridgehead atoms. The zero-order chi connectivity index (χ0) is 21.9. The second-order valence-corrected chi connectivity index (χ2v) is 8.54. The lowest BCUT2D eigenvalue weighted by Crippen LogP contribution is -2.50. The van der Waals surface area contributed by atoms with Crippen LogP contribution >= 0.6 is 11.8 Å². The molecule has 0 aliphatic rings. The van der Waals surface area contributed by atoms with Crippen LogP contribution in [0, 0.1) is 0 Å². The van der Waals surface area contributed by atoms with E-state index in [4.69, 9.17) is 4.74 Å². The Bertz CT molecular complexity index is 811. The summed E-state index contributed by atoms with van der Waals surface area (Å²) in [7, 11) is 1.62. The van der Waals surface area contributed by atoms with E-state index >= 15 is 0 Å². The number of carbonyl (C=O) groups excluding carboxylic acids is 2. The molecule has 0 aliphatic carbocycles. The van der Waals surface area contributed by atoms with Crippen molar-refractivity contribution in [3.05, 3.63) is 60.2 Å². The number of amides is 2. The molecule has 1 atom stereocenters. The van der Waals surface area contributed by atoms with Gasteiger partial charge in [0.15, 0.2) is 0 Å². The highest BCUT2D eigenvalue weighted by Gasteiger charge is 2.28. The fourth-order valence-electron chi connectivity index (χ4n) is 3.18. The average Bonchev–Trinajstić information content (AvgIpc) is 2.74. The van der Waals surface area contributed by atoms with Gasteiger partial charge in [-0.15, -0.1) is 11.8 Å². The van der Waals surface area contributed by atoms with Crippen molar-refractivity contribution in [3.8, 4) is 5.75 Å². The van der Waals surface area contributed by atoms with Gasteiger partial charge in [0, 0.05) is 29.7 Å². The number of nitrogens with one attached hydrogen (secondary N) is 1. The number of carbonyl (C=O) groups is 2. The summed E-state index contributed by atoms with van der Waals surface area (Å²) in [5.41, 5.74) is 0.939. The van der Waals surface area contributed by atoms with Crippen LogP contribution in [-0.2, 0) is 16.1 Å². The maximum atomic E-state index is 13.2. The first-order valence-corrected chi connectivity index (χ1v) is 11.3. The molecule has 0 radical (unpaired) electrons. The summed E-state index contributed by atoms with van der Waals surface area (Å²) in [5, 5.41) is 2.96. The van der Waals surface area contributed by atoms with Crippen LogP contribution in [0.25, 0.3) is 0 Å². The van der Waals surface area contributed by atoms with Gasteiger partial charge in [-0.2, -0.15) is 0 Å². The number of hydrogen-bond donors (Lipinski definition) is 1. The second-order valence-electron chi connectivity index (χ2n) is 7.37. The van der Waals surface area contributed by atoms with Crippen LogP contribution in [0.4, 0.5) is 0 Å². The number of benzene rings is 2. The molecule has 2 aromatic rings. The number of ether oxygens (including phenoxy) is 1. The van der Waals surface area contributed by atoms with E-state index in [-0.39, 0.29) is 17.9 Å². The zero-order valence-corrected chi connectivity index (χ0v) is 19.1. The minimum atomic E-state index is -0.507. The van der Waals surface area contributed by atoms with Crippen LogP contribution < -0.4 is 10.1 Å². The molecule has 2 aromatic carbocycles. The Morgan fingerprint density at radius 2 is 1.83 bits per heavy atom. The van der Waals surface area contributed by atoms with Crippen molar-refractivity contribution in [2.45, 2.75) is 57.1 Å². The summed E-state index contributed by atoms with van der Waals surface area (Å²) >= 11 is 1.65. The molecule has 0 heterocycles. The van der Waals surface area contributed by atoms with Crippen molar-refractivity contribution < 1.29 is 14.3 Å². The van der Waals surface area contributed by atoms with Crippen LogP contribution in [0.15, 0.2) is 59.5 Å². The third-order valence-electron chi connectivity index (χ3n) is 4.63. The molecule has 0 saturated carbocycles. The van der Waals surface area contributed by atoms with E-state index in [9.17, 15) is 9.59 Å². The predicted octanol–water partition coefficient (Wildman–Crippen LogP) is 4.51. The first-order valence-electron chi connectivity index (χ1n) is 10.3. The standard InChI is InChI=1S/C24H32N2O3S/c1-5-22(24(28)25-18(2)3)26(17-19-10-9-11-20(16-19)29-4)23(27)14-15-30-21-12-7-6-8-13-21/h6-13,16,18,22H,5,14-15,17H2,1-4H3,(H,25,28)/t22-/m0/s1. The molecule has 1 N–H and O–H groups in total. The van der Waals surface area contributed by atoms with E-state index in [0.717, 1.165) is 16.2 Å². The maximum Gasteiger partial charge on any atom is 0.243 e. The molecule has 2 rings (SSSR count). The fourth-order valence-corrected chi connectivity index (χ4v) is 4.05. The Hall–Kier alpha value is -2.47. The molecule has 0 aromatic heterocycles. The van der Waals surface area contributed by atoms with Gasteiger partial charge in [0.2, 0.25) is 11.8 Å². The van der Waals surface area contributed by atoms with Crippen molar-refractivity contribution in [1.82, 2.24) is 10.2 Å². The first-order chi connectivity index (χ1) is 14.4. The smallest absolute Gasteiger partial charge is 0.243 e. The normalized spacial score (nSPS) is 11.8. The minimum absolute atomic E-state index is 0.0213. The van der Waals surface area contributed by atoms with Gasteiger partial charge < -0.3 is 15.0 Å². The van der Waals surface area contributed by atoms with Gasteiger partial charge in [-0.25, -0.2) is 0 Å².